The molecule has 1 aliphatic heterocycles. The topological polar surface area (TPSA) is 54.5 Å². The molecule has 0 spiro atoms. The van der Waals surface area contributed by atoms with Crippen LogP contribution in [0.3, 0.4) is 0 Å². The van der Waals surface area contributed by atoms with Crippen LogP contribution >= 0.6 is 11.8 Å². The molecule has 2 unspecified atom stereocenters. The lowest BCUT2D eigenvalue weighted by Gasteiger charge is -2.27. The van der Waals surface area contributed by atoms with Crippen LogP contribution in [0.25, 0.3) is 0 Å². The Morgan fingerprint density at radius 2 is 1.75 bits per heavy atom. The van der Waals surface area contributed by atoms with Gasteiger partial charge in [0.15, 0.2) is 9.84 Å². The van der Waals surface area contributed by atoms with Gasteiger partial charge in [-0.1, -0.05) is 6.07 Å². The van der Waals surface area contributed by atoms with E-state index in [4.69, 9.17) is 0 Å². The fraction of sp³-hybridized carbons (Fsp3) is 0.611. The number of thioether (sulfide) groups is 1. The van der Waals surface area contributed by atoms with Crippen LogP contribution in [-0.4, -0.2) is 49.1 Å². The van der Waals surface area contributed by atoms with Crippen LogP contribution in [0.5, 0.6) is 0 Å². The van der Waals surface area contributed by atoms with Crippen molar-refractivity contribution < 1.29 is 13.2 Å². The highest BCUT2D eigenvalue weighted by molar-refractivity contribution is 8.00. The second kappa shape index (κ2) is 7.08. The molecule has 6 heteroatoms. The van der Waals surface area contributed by atoms with Crippen LogP contribution in [0.4, 0.5) is 0 Å². The molecule has 0 radical (unpaired) electrons. The molecular weight excluding hydrogens is 342 g/mol. The summed E-state index contributed by atoms with van der Waals surface area (Å²) in [5.74, 6) is 0.278. The van der Waals surface area contributed by atoms with Gasteiger partial charge >= 0.3 is 0 Å². The molecule has 0 aromatic heterocycles. The Kier molecular flexibility index (Phi) is 5.70. The number of hydrogen-bond acceptors (Lipinski definition) is 4. The predicted molar refractivity (Wildman–Crippen MR) is 101 cm³/mol. The summed E-state index contributed by atoms with van der Waals surface area (Å²) in [7, 11) is -1.26. The lowest BCUT2D eigenvalue weighted by molar-refractivity contribution is -0.130. The van der Waals surface area contributed by atoms with Gasteiger partial charge in [-0.05, 0) is 63.3 Å². The molecule has 4 nitrogen and oxygen atoms in total. The molecule has 1 heterocycles. The number of benzene rings is 1. The molecule has 2 rings (SSSR count). The van der Waals surface area contributed by atoms with Gasteiger partial charge in [-0.15, -0.1) is 11.8 Å². The van der Waals surface area contributed by atoms with Gasteiger partial charge in [0.2, 0.25) is 5.91 Å². The van der Waals surface area contributed by atoms with E-state index < -0.39 is 9.84 Å². The van der Waals surface area contributed by atoms with Crippen LogP contribution in [0, 0.1) is 27.7 Å². The van der Waals surface area contributed by atoms with Crippen molar-refractivity contribution in [1.82, 2.24) is 4.90 Å². The van der Waals surface area contributed by atoms with Crippen molar-refractivity contribution in [3.05, 3.63) is 28.3 Å². The monoisotopic (exact) mass is 369 g/mol. The zero-order chi connectivity index (χ0) is 18.2. The zero-order valence-electron chi connectivity index (χ0n) is 15.3. The van der Waals surface area contributed by atoms with Crippen molar-refractivity contribution >= 4 is 27.5 Å². The molecule has 1 amide bonds. The number of rotatable bonds is 4. The summed E-state index contributed by atoms with van der Waals surface area (Å²) in [6.07, 6.45) is 0.545. The van der Waals surface area contributed by atoms with Gasteiger partial charge in [0.25, 0.3) is 0 Å². The minimum atomic E-state index is -2.98. The molecule has 0 N–H and O–H groups in total. The van der Waals surface area contributed by atoms with Crippen molar-refractivity contribution in [3.8, 4) is 0 Å². The third-order valence-corrected chi connectivity index (χ3v) is 8.20. The average molecular weight is 370 g/mol. The third-order valence-electron chi connectivity index (χ3n) is 5.04. The first-order chi connectivity index (χ1) is 11.0. The molecule has 1 fully saturated rings. The molecule has 0 aliphatic carbocycles. The lowest BCUT2D eigenvalue weighted by atomic mass is 10.0. The van der Waals surface area contributed by atoms with E-state index >= 15 is 0 Å². The number of amides is 1. The highest BCUT2D eigenvalue weighted by atomic mass is 32.2. The van der Waals surface area contributed by atoms with Gasteiger partial charge in [0.1, 0.15) is 0 Å². The van der Waals surface area contributed by atoms with Gasteiger partial charge < -0.3 is 4.90 Å². The van der Waals surface area contributed by atoms with Crippen LogP contribution in [0.2, 0.25) is 0 Å². The van der Waals surface area contributed by atoms with E-state index in [-0.39, 0.29) is 28.7 Å². The molecule has 0 bridgehead atoms. The molecule has 0 saturated carbocycles. The second-order valence-corrected chi connectivity index (χ2v) is 10.4. The lowest BCUT2D eigenvalue weighted by Crippen LogP contribution is -2.41. The SMILES string of the molecule is Cc1cc(C)c(C)c(SC(C)C(=O)N(C)C2CCS(=O)(=O)C2)c1C. The maximum absolute atomic E-state index is 12.7. The normalized spacial score (nSPS) is 20.8. The average Bonchev–Trinajstić information content (AvgIpc) is 2.88. The maximum atomic E-state index is 12.7. The Balaban J connectivity index is 2.15. The molecule has 1 aliphatic rings. The van der Waals surface area contributed by atoms with E-state index in [1.165, 1.54) is 27.1 Å². The molecule has 1 aromatic carbocycles. The van der Waals surface area contributed by atoms with E-state index in [9.17, 15) is 13.2 Å². The van der Waals surface area contributed by atoms with Crippen molar-refractivity contribution in [3.63, 3.8) is 0 Å². The van der Waals surface area contributed by atoms with Crippen molar-refractivity contribution in [2.24, 2.45) is 0 Å². The largest absolute Gasteiger partial charge is 0.341 e. The fourth-order valence-corrected chi connectivity index (χ4v) is 6.20. The van der Waals surface area contributed by atoms with Crippen molar-refractivity contribution in [2.75, 3.05) is 18.6 Å². The number of hydrogen-bond donors (Lipinski definition) is 0. The van der Waals surface area contributed by atoms with E-state index in [1.54, 1.807) is 23.7 Å². The molecule has 24 heavy (non-hydrogen) atoms. The van der Waals surface area contributed by atoms with Gasteiger partial charge in [-0.3, -0.25) is 4.79 Å². The highest BCUT2D eigenvalue weighted by Gasteiger charge is 2.34. The predicted octanol–water partition coefficient (Wildman–Crippen LogP) is 3.05. The van der Waals surface area contributed by atoms with Crippen LogP contribution in [0.1, 0.15) is 35.6 Å². The molecular formula is C18H27NO3S2. The van der Waals surface area contributed by atoms with Crippen LogP contribution in [-0.2, 0) is 14.6 Å². The fourth-order valence-electron chi connectivity index (χ4n) is 3.13. The summed E-state index contributed by atoms with van der Waals surface area (Å²) in [6.45, 7) is 10.3. The number of carbonyl (C=O) groups excluding carboxylic acids is 1. The smallest absolute Gasteiger partial charge is 0.235 e. The van der Waals surface area contributed by atoms with Crippen molar-refractivity contribution in [2.45, 2.75) is 57.2 Å². The summed E-state index contributed by atoms with van der Waals surface area (Å²) in [5.41, 5.74) is 4.90. The van der Waals surface area contributed by atoms with Gasteiger partial charge in [-0.25, -0.2) is 8.42 Å². The van der Waals surface area contributed by atoms with Crippen LogP contribution < -0.4 is 0 Å². The summed E-state index contributed by atoms with van der Waals surface area (Å²) >= 11 is 1.58. The number of nitrogens with zero attached hydrogens (tertiary/aromatic N) is 1. The number of aryl methyl sites for hydroxylation is 2. The Morgan fingerprint density at radius 1 is 1.21 bits per heavy atom. The second-order valence-electron chi connectivity index (χ2n) is 6.86. The standard InChI is InChI=1S/C18H27NO3S2/c1-11-9-12(2)14(4)17(13(11)3)23-15(5)18(20)19(6)16-7-8-24(21,22)10-16/h9,15-16H,7-8,10H2,1-6H3. The Hall–Kier alpha value is -1.01. The number of carbonyl (C=O) groups is 1. The summed E-state index contributed by atoms with van der Waals surface area (Å²) < 4.78 is 23.3. The Labute approximate surface area is 149 Å². The maximum Gasteiger partial charge on any atom is 0.235 e. The first-order valence-corrected chi connectivity index (χ1v) is 10.9. The molecule has 1 saturated heterocycles. The van der Waals surface area contributed by atoms with E-state index in [0.717, 1.165) is 0 Å². The minimum absolute atomic E-state index is 0.0000548. The summed E-state index contributed by atoms with van der Waals surface area (Å²) in [5, 5.41) is -0.239. The third kappa shape index (κ3) is 3.97. The van der Waals surface area contributed by atoms with Crippen LogP contribution in [0.15, 0.2) is 11.0 Å². The zero-order valence-corrected chi connectivity index (χ0v) is 17.0. The van der Waals surface area contributed by atoms with Gasteiger partial charge in [0.05, 0.1) is 16.8 Å². The van der Waals surface area contributed by atoms with E-state index in [2.05, 4.69) is 33.8 Å². The Bertz CT molecular complexity index is 730. The highest BCUT2D eigenvalue weighted by Crippen LogP contribution is 2.34. The van der Waals surface area contributed by atoms with Crippen molar-refractivity contribution in [1.29, 1.82) is 0 Å². The van der Waals surface area contributed by atoms with E-state index in [0.29, 0.717) is 6.42 Å². The van der Waals surface area contributed by atoms with E-state index in [1.807, 2.05) is 6.92 Å². The number of sulfone groups is 1. The first kappa shape index (κ1) is 19.3. The Morgan fingerprint density at radius 3 is 2.21 bits per heavy atom. The summed E-state index contributed by atoms with van der Waals surface area (Å²) in [6, 6.07) is 1.99. The summed E-state index contributed by atoms with van der Waals surface area (Å²) in [4.78, 5) is 15.5. The van der Waals surface area contributed by atoms with Gasteiger partial charge in [0, 0.05) is 18.0 Å². The van der Waals surface area contributed by atoms with Gasteiger partial charge in [-0.2, -0.15) is 0 Å². The quantitative estimate of drug-likeness (QED) is 0.766. The molecule has 134 valence electrons. The molecule has 2 atom stereocenters. The minimum Gasteiger partial charge on any atom is -0.341 e. The first-order valence-electron chi connectivity index (χ1n) is 8.24. The molecule has 1 aromatic rings.